The summed E-state index contributed by atoms with van der Waals surface area (Å²) in [5, 5.41) is 8.50. The van der Waals surface area contributed by atoms with Crippen LogP contribution in [-0.4, -0.2) is 37.2 Å². The first-order valence-electron chi connectivity index (χ1n) is 12.4. The van der Waals surface area contributed by atoms with E-state index in [1.54, 1.807) is 31.2 Å². The van der Waals surface area contributed by atoms with Crippen LogP contribution < -0.4 is 21.7 Å². The molecule has 38 heavy (non-hydrogen) atoms. The van der Waals surface area contributed by atoms with E-state index < -0.39 is 37.4 Å². The van der Waals surface area contributed by atoms with Crippen molar-refractivity contribution in [2.75, 3.05) is 5.32 Å². The molecule has 0 aromatic heterocycles. The summed E-state index contributed by atoms with van der Waals surface area (Å²) in [6.45, 7) is 6.69. The van der Waals surface area contributed by atoms with Gasteiger partial charge in [-0.1, -0.05) is 37.6 Å². The fraction of sp³-hybridized carbons (Fsp3) is 0.462. The number of urea groups is 1. The van der Waals surface area contributed by atoms with E-state index in [1.165, 1.54) is 13.0 Å². The molecule has 2 aliphatic rings. The van der Waals surface area contributed by atoms with Crippen LogP contribution in [0.15, 0.2) is 63.7 Å². The number of nitrogens with one attached hydrogen (secondary N) is 3. The zero-order chi connectivity index (χ0) is 28.3. The molecular weight excluding hydrogens is 519 g/mol. The van der Waals surface area contributed by atoms with Crippen LogP contribution in [0.25, 0.3) is 0 Å². The predicted molar refractivity (Wildman–Crippen MR) is 143 cm³/mol. The van der Waals surface area contributed by atoms with Gasteiger partial charge in [-0.25, -0.2) is 18.2 Å². The molecule has 12 heteroatoms. The van der Waals surface area contributed by atoms with Gasteiger partial charge in [-0.3, -0.25) is 0 Å². The Morgan fingerprint density at radius 3 is 2.39 bits per heavy atom. The Kier molecular flexibility index (Phi) is 8.65. The van der Waals surface area contributed by atoms with Gasteiger partial charge in [0.25, 0.3) is 0 Å². The number of anilines is 1. The van der Waals surface area contributed by atoms with E-state index >= 15 is 0 Å². The number of allylic oxidation sites excluding steroid dienone is 3. The molecule has 0 spiro atoms. The van der Waals surface area contributed by atoms with Gasteiger partial charge in [0, 0.05) is 23.5 Å². The van der Waals surface area contributed by atoms with Gasteiger partial charge in [0.05, 0.1) is 10.5 Å². The van der Waals surface area contributed by atoms with Crippen LogP contribution in [0.4, 0.5) is 23.7 Å². The van der Waals surface area contributed by atoms with Crippen molar-refractivity contribution in [3.05, 3.63) is 64.2 Å². The maximum atomic E-state index is 13.9. The second-order valence-corrected chi connectivity index (χ2v) is 11.8. The Morgan fingerprint density at radius 2 is 1.89 bits per heavy atom. The number of nitrogens with two attached hydrogens (primary N) is 1. The number of aliphatic imine (C=N–C) groups is 1. The normalized spacial score (nSPS) is 19.8. The number of sulfone groups is 1. The molecule has 0 saturated heterocycles. The Hall–Kier alpha value is -3.28. The first-order chi connectivity index (χ1) is 17.7. The maximum absolute atomic E-state index is 13.9. The van der Waals surface area contributed by atoms with E-state index in [0.717, 1.165) is 12.2 Å². The Bertz CT molecular complexity index is 1280. The van der Waals surface area contributed by atoms with Crippen LogP contribution >= 0.6 is 0 Å². The second-order valence-electron chi connectivity index (χ2n) is 9.59. The summed E-state index contributed by atoms with van der Waals surface area (Å²) in [5.74, 6) is 0.0586. The first kappa shape index (κ1) is 29.3. The summed E-state index contributed by atoms with van der Waals surface area (Å²) in [4.78, 5) is 15.6. The molecule has 1 unspecified atom stereocenters. The van der Waals surface area contributed by atoms with Crippen molar-refractivity contribution in [2.24, 2.45) is 10.7 Å². The van der Waals surface area contributed by atoms with Crippen LogP contribution in [0.1, 0.15) is 65.1 Å². The van der Waals surface area contributed by atoms with Crippen molar-refractivity contribution >= 4 is 27.4 Å². The lowest BCUT2D eigenvalue weighted by Crippen LogP contribution is -2.40. The summed E-state index contributed by atoms with van der Waals surface area (Å²) < 4.78 is 67.7. The molecular formula is C26H34F3N5O3S. The minimum atomic E-state index is -4.82. The average Bonchev–Trinajstić information content (AvgIpc) is 3.63. The number of rotatable bonds is 9. The molecule has 1 aliphatic carbocycles. The van der Waals surface area contributed by atoms with E-state index in [-0.39, 0.29) is 42.9 Å². The number of hydrogen-bond acceptors (Lipinski definition) is 6. The van der Waals surface area contributed by atoms with Crippen molar-refractivity contribution in [3.63, 3.8) is 0 Å². The largest absolute Gasteiger partial charge is 0.417 e. The number of amides is 2. The van der Waals surface area contributed by atoms with Gasteiger partial charge in [-0.15, -0.1) is 0 Å². The van der Waals surface area contributed by atoms with Crippen molar-refractivity contribution in [1.29, 1.82) is 0 Å². The van der Waals surface area contributed by atoms with E-state index in [2.05, 4.69) is 20.9 Å². The second kappa shape index (κ2) is 11.2. The number of alkyl halides is 3. The van der Waals surface area contributed by atoms with E-state index in [9.17, 15) is 26.4 Å². The van der Waals surface area contributed by atoms with Crippen molar-refractivity contribution in [2.45, 2.75) is 76.5 Å². The van der Waals surface area contributed by atoms with Gasteiger partial charge in [0.15, 0.2) is 9.84 Å². The fourth-order valence-electron chi connectivity index (χ4n) is 4.26. The fourth-order valence-corrected chi connectivity index (χ4v) is 6.53. The van der Waals surface area contributed by atoms with Gasteiger partial charge in [0.1, 0.15) is 16.7 Å². The number of halogens is 3. The van der Waals surface area contributed by atoms with Crippen LogP contribution in [0.3, 0.4) is 0 Å². The smallest absolute Gasteiger partial charge is 0.384 e. The number of benzene rings is 1. The highest BCUT2D eigenvalue weighted by Gasteiger charge is 2.61. The van der Waals surface area contributed by atoms with Gasteiger partial charge in [-0.05, 0) is 57.7 Å². The highest BCUT2D eigenvalue weighted by molar-refractivity contribution is 7.97. The number of unbranched alkanes of at least 4 members (excludes halogenated alkanes) is 1. The number of carbonyl (C=O) groups is 1. The lowest BCUT2D eigenvalue weighted by molar-refractivity contribution is -0.0889. The molecule has 0 bridgehead atoms. The Morgan fingerprint density at radius 1 is 1.26 bits per heavy atom. The molecule has 3 rings (SSSR count). The zero-order valence-electron chi connectivity index (χ0n) is 21.8. The van der Waals surface area contributed by atoms with E-state index in [4.69, 9.17) is 5.73 Å². The molecule has 5 N–H and O–H groups in total. The molecule has 0 radical (unpaired) electrons. The predicted octanol–water partition coefficient (Wildman–Crippen LogP) is 5.20. The lowest BCUT2D eigenvalue weighted by atomic mass is 10.1. The first-order valence-corrected chi connectivity index (χ1v) is 13.9. The van der Waals surface area contributed by atoms with E-state index in [0.29, 0.717) is 17.7 Å². The number of carbonyl (C=O) groups excluding carboxylic acids is 1. The van der Waals surface area contributed by atoms with E-state index in [1.807, 2.05) is 13.8 Å². The highest BCUT2D eigenvalue weighted by atomic mass is 32.2. The summed E-state index contributed by atoms with van der Waals surface area (Å²) in [6.07, 6.45) is -1.39. The lowest BCUT2D eigenvalue weighted by Gasteiger charge is -2.30. The SMILES string of the molecule is C/C=C(\C(=C/CCC)C(F)(F)F)S(=O)(=O)C1(C2=CC(N)=NC(c3ccc(NC(=O)NC(C)C)cc3)N2)CC1. The maximum Gasteiger partial charge on any atom is 0.417 e. The summed E-state index contributed by atoms with van der Waals surface area (Å²) >= 11 is 0. The minimum absolute atomic E-state index is 0.0355. The molecule has 1 aromatic carbocycles. The van der Waals surface area contributed by atoms with Crippen molar-refractivity contribution in [3.8, 4) is 0 Å². The molecule has 1 fully saturated rings. The average molecular weight is 554 g/mol. The van der Waals surface area contributed by atoms with Crippen LogP contribution in [-0.2, 0) is 9.84 Å². The van der Waals surface area contributed by atoms with Crippen LogP contribution in [0.2, 0.25) is 0 Å². The molecule has 208 valence electrons. The minimum Gasteiger partial charge on any atom is -0.384 e. The van der Waals surface area contributed by atoms with Gasteiger partial charge >= 0.3 is 12.2 Å². The van der Waals surface area contributed by atoms with Crippen molar-refractivity contribution in [1.82, 2.24) is 10.6 Å². The highest BCUT2D eigenvalue weighted by Crippen LogP contribution is 2.54. The monoisotopic (exact) mass is 553 g/mol. The quantitative estimate of drug-likeness (QED) is 0.313. The van der Waals surface area contributed by atoms with Gasteiger partial charge in [0.2, 0.25) is 0 Å². The van der Waals surface area contributed by atoms with Crippen LogP contribution in [0, 0.1) is 0 Å². The third-order valence-corrected chi connectivity index (χ3v) is 8.93. The molecule has 8 nitrogen and oxygen atoms in total. The van der Waals surface area contributed by atoms with Crippen LogP contribution in [0.5, 0.6) is 0 Å². The standard InChI is InChI=1S/C26H34F3N5O3S/c1-5-7-8-19(26(27,28)29)20(6-2)38(36,37)25(13-14-25)21-15-22(30)34-23(33-21)17-9-11-18(12-10-17)32-24(35)31-16(3)4/h6,8-12,15-16,23,33H,5,7,13-14H2,1-4H3,(H2,30,34)(H2,31,32,35)/b19-8+,20-6+. The van der Waals surface area contributed by atoms with Crippen molar-refractivity contribution < 1.29 is 26.4 Å². The number of hydrogen-bond donors (Lipinski definition) is 4. The molecule has 1 heterocycles. The topological polar surface area (TPSA) is 126 Å². The molecule has 1 saturated carbocycles. The molecule has 2 amide bonds. The molecule has 1 atom stereocenters. The third kappa shape index (κ3) is 6.23. The number of amidine groups is 1. The summed E-state index contributed by atoms with van der Waals surface area (Å²) in [7, 11) is -4.43. The Balaban J connectivity index is 1.88. The zero-order valence-corrected chi connectivity index (χ0v) is 22.6. The Labute approximate surface area is 221 Å². The molecule has 1 aliphatic heterocycles. The summed E-state index contributed by atoms with van der Waals surface area (Å²) in [5.41, 5.74) is 6.27. The van der Waals surface area contributed by atoms with Gasteiger partial charge < -0.3 is 21.7 Å². The summed E-state index contributed by atoms with van der Waals surface area (Å²) in [6, 6.07) is 6.33. The third-order valence-electron chi connectivity index (χ3n) is 6.24. The number of nitrogens with zero attached hydrogens (tertiary/aromatic N) is 1. The van der Waals surface area contributed by atoms with Gasteiger partial charge in [-0.2, -0.15) is 13.2 Å². The molecule has 1 aromatic rings.